The molecule has 0 aliphatic heterocycles. The monoisotopic (exact) mass is 277 g/mol. The van der Waals surface area contributed by atoms with Crippen LogP contribution in [0.2, 0.25) is 0 Å². The molecule has 20 heavy (non-hydrogen) atoms. The molecule has 0 fully saturated rings. The zero-order valence-corrected chi connectivity index (χ0v) is 13.1. The van der Waals surface area contributed by atoms with E-state index in [-0.39, 0.29) is 11.9 Å². The van der Waals surface area contributed by atoms with E-state index in [1.165, 1.54) is 5.69 Å². The largest absolute Gasteiger partial charge is 0.385 e. The average Bonchev–Trinajstić information content (AvgIpc) is 2.41. The number of rotatable bonds is 8. The van der Waals surface area contributed by atoms with Gasteiger partial charge in [-0.1, -0.05) is 0 Å². The second-order valence-corrected chi connectivity index (χ2v) is 5.12. The van der Waals surface area contributed by atoms with Gasteiger partial charge in [0.05, 0.1) is 0 Å². The standard InChI is InChI=1S/C16H27N3O/c1-5-19(6-2)15-9-7-14(8-10-15)17-12-11-16(20)18-13(3)4/h7-10,13,17H,5-6,11-12H2,1-4H3,(H,18,20). The van der Waals surface area contributed by atoms with Crippen LogP contribution in [0.3, 0.4) is 0 Å². The fourth-order valence-electron chi connectivity index (χ4n) is 2.09. The highest BCUT2D eigenvalue weighted by molar-refractivity contribution is 5.76. The van der Waals surface area contributed by atoms with Crippen LogP contribution in [-0.4, -0.2) is 31.6 Å². The Balaban J connectivity index is 2.40. The lowest BCUT2D eigenvalue weighted by atomic mass is 10.2. The molecule has 1 aromatic rings. The molecule has 1 rings (SSSR count). The molecule has 0 aromatic heterocycles. The second-order valence-electron chi connectivity index (χ2n) is 5.12. The number of nitrogens with one attached hydrogen (secondary N) is 2. The van der Waals surface area contributed by atoms with Crippen molar-refractivity contribution in [2.75, 3.05) is 29.9 Å². The predicted octanol–water partition coefficient (Wildman–Crippen LogP) is 2.86. The summed E-state index contributed by atoms with van der Waals surface area (Å²) in [5, 5.41) is 6.15. The molecule has 2 N–H and O–H groups in total. The van der Waals surface area contributed by atoms with Gasteiger partial charge in [0.2, 0.25) is 5.91 Å². The molecule has 0 heterocycles. The average molecular weight is 277 g/mol. The molecule has 0 aliphatic rings. The van der Waals surface area contributed by atoms with Gasteiger partial charge in [0, 0.05) is 43.5 Å². The Kier molecular flexibility index (Phi) is 6.91. The molecule has 1 amide bonds. The van der Waals surface area contributed by atoms with Crippen LogP contribution in [0.1, 0.15) is 34.1 Å². The molecule has 0 bridgehead atoms. The van der Waals surface area contributed by atoms with Gasteiger partial charge in [0.15, 0.2) is 0 Å². The van der Waals surface area contributed by atoms with Crippen LogP contribution in [0.5, 0.6) is 0 Å². The number of hydrogen-bond acceptors (Lipinski definition) is 3. The number of benzene rings is 1. The van der Waals surface area contributed by atoms with Gasteiger partial charge in [-0.3, -0.25) is 4.79 Å². The minimum atomic E-state index is 0.0901. The molecule has 112 valence electrons. The molecule has 4 heteroatoms. The summed E-state index contributed by atoms with van der Waals surface area (Å²) in [5.74, 6) is 0.0901. The highest BCUT2D eigenvalue weighted by atomic mass is 16.1. The normalized spacial score (nSPS) is 10.4. The van der Waals surface area contributed by atoms with E-state index in [0.717, 1.165) is 18.8 Å². The minimum absolute atomic E-state index is 0.0901. The van der Waals surface area contributed by atoms with Crippen molar-refractivity contribution in [1.29, 1.82) is 0 Å². The van der Waals surface area contributed by atoms with Crippen LogP contribution in [-0.2, 0) is 4.79 Å². The van der Waals surface area contributed by atoms with Gasteiger partial charge in [-0.05, 0) is 52.0 Å². The number of hydrogen-bond donors (Lipinski definition) is 2. The fourth-order valence-corrected chi connectivity index (χ4v) is 2.09. The number of anilines is 2. The maximum absolute atomic E-state index is 11.5. The van der Waals surface area contributed by atoms with Crippen LogP contribution in [0, 0.1) is 0 Å². The summed E-state index contributed by atoms with van der Waals surface area (Å²) >= 11 is 0. The lowest BCUT2D eigenvalue weighted by Gasteiger charge is -2.21. The summed E-state index contributed by atoms with van der Waals surface area (Å²) in [6.07, 6.45) is 0.496. The quantitative estimate of drug-likeness (QED) is 0.768. The van der Waals surface area contributed by atoms with Gasteiger partial charge in [-0.25, -0.2) is 0 Å². The molecular formula is C16H27N3O. The Morgan fingerprint density at radius 1 is 1.15 bits per heavy atom. The molecule has 4 nitrogen and oxygen atoms in total. The molecule has 0 aliphatic carbocycles. The first-order valence-corrected chi connectivity index (χ1v) is 7.45. The zero-order valence-electron chi connectivity index (χ0n) is 13.1. The van der Waals surface area contributed by atoms with E-state index in [0.29, 0.717) is 13.0 Å². The van der Waals surface area contributed by atoms with Crippen molar-refractivity contribution in [2.45, 2.75) is 40.2 Å². The van der Waals surface area contributed by atoms with Crippen molar-refractivity contribution in [3.8, 4) is 0 Å². The Morgan fingerprint density at radius 3 is 2.25 bits per heavy atom. The summed E-state index contributed by atoms with van der Waals surface area (Å²) in [6.45, 7) is 10.9. The number of nitrogens with zero attached hydrogens (tertiary/aromatic N) is 1. The Morgan fingerprint density at radius 2 is 1.75 bits per heavy atom. The Labute approximate surface area is 122 Å². The van der Waals surface area contributed by atoms with Crippen LogP contribution < -0.4 is 15.5 Å². The van der Waals surface area contributed by atoms with Gasteiger partial charge in [-0.2, -0.15) is 0 Å². The molecule has 1 aromatic carbocycles. The summed E-state index contributed by atoms with van der Waals surface area (Å²) in [4.78, 5) is 13.8. The zero-order chi connectivity index (χ0) is 15.0. The van der Waals surface area contributed by atoms with Gasteiger partial charge < -0.3 is 15.5 Å². The van der Waals surface area contributed by atoms with Crippen molar-refractivity contribution >= 4 is 17.3 Å². The predicted molar refractivity (Wildman–Crippen MR) is 86.4 cm³/mol. The summed E-state index contributed by atoms with van der Waals surface area (Å²) in [7, 11) is 0. The van der Waals surface area contributed by atoms with Crippen molar-refractivity contribution in [3.63, 3.8) is 0 Å². The van der Waals surface area contributed by atoms with E-state index in [9.17, 15) is 4.79 Å². The van der Waals surface area contributed by atoms with E-state index in [4.69, 9.17) is 0 Å². The van der Waals surface area contributed by atoms with Gasteiger partial charge in [-0.15, -0.1) is 0 Å². The number of amides is 1. The maximum Gasteiger partial charge on any atom is 0.221 e. The Hall–Kier alpha value is -1.71. The smallest absolute Gasteiger partial charge is 0.221 e. The third-order valence-electron chi connectivity index (χ3n) is 3.13. The van der Waals surface area contributed by atoms with Gasteiger partial charge in [0.25, 0.3) is 0 Å². The molecule has 0 saturated heterocycles. The Bertz CT molecular complexity index is 397. The van der Waals surface area contributed by atoms with Gasteiger partial charge in [0.1, 0.15) is 0 Å². The number of carbonyl (C=O) groups excluding carboxylic acids is 1. The van der Waals surface area contributed by atoms with Crippen LogP contribution in [0.25, 0.3) is 0 Å². The van der Waals surface area contributed by atoms with Crippen LogP contribution in [0.15, 0.2) is 24.3 Å². The molecule has 0 atom stereocenters. The first-order chi connectivity index (χ1) is 9.56. The van der Waals surface area contributed by atoms with Gasteiger partial charge >= 0.3 is 0 Å². The van der Waals surface area contributed by atoms with E-state index in [1.54, 1.807) is 0 Å². The third kappa shape index (κ3) is 5.51. The molecule has 0 unspecified atom stereocenters. The van der Waals surface area contributed by atoms with Crippen molar-refractivity contribution in [2.24, 2.45) is 0 Å². The summed E-state index contributed by atoms with van der Waals surface area (Å²) in [5.41, 5.74) is 2.29. The first-order valence-electron chi connectivity index (χ1n) is 7.45. The van der Waals surface area contributed by atoms with Crippen LogP contribution >= 0.6 is 0 Å². The topological polar surface area (TPSA) is 44.4 Å². The molecular weight excluding hydrogens is 250 g/mol. The molecule has 0 saturated carbocycles. The van der Waals surface area contributed by atoms with Crippen molar-refractivity contribution in [3.05, 3.63) is 24.3 Å². The minimum Gasteiger partial charge on any atom is -0.385 e. The maximum atomic E-state index is 11.5. The van der Waals surface area contributed by atoms with E-state index in [1.807, 2.05) is 13.8 Å². The van der Waals surface area contributed by atoms with E-state index >= 15 is 0 Å². The van der Waals surface area contributed by atoms with Crippen molar-refractivity contribution < 1.29 is 4.79 Å². The second kappa shape index (κ2) is 8.46. The lowest BCUT2D eigenvalue weighted by molar-refractivity contribution is -0.121. The SMILES string of the molecule is CCN(CC)c1ccc(NCCC(=O)NC(C)C)cc1. The van der Waals surface area contributed by atoms with Crippen molar-refractivity contribution in [1.82, 2.24) is 5.32 Å². The summed E-state index contributed by atoms with van der Waals surface area (Å²) in [6, 6.07) is 8.56. The third-order valence-corrected chi connectivity index (χ3v) is 3.13. The van der Waals surface area contributed by atoms with E-state index < -0.39 is 0 Å². The summed E-state index contributed by atoms with van der Waals surface area (Å²) < 4.78 is 0. The lowest BCUT2D eigenvalue weighted by Crippen LogP contribution is -2.31. The fraction of sp³-hybridized carbons (Fsp3) is 0.562. The molecule has 0 spiro atoms. The number of carbonyl (C=O) groups is 1. The highest BCUT2D eigenvalue weighted by Gasteiger charge is 2.03. The van der Waals surface area contributed by atoms with E-state index in [2.05, 4.69) is 53.6 Å². The first kappa shape index (κ1) is 16.3. The highest BCUT2D eigenvalue weighted by Crippen LogP contribution is 2.17. The molecule has 0 radical (unpaired) electrons. The van der Waals surface area contributed by atoms with Crippen LogP contribution in [0.4, 0.5) is 11.4 Å².